The maximum atomic E-state index is 13.4. The number of nitrogens with one attached hydrogen (secondary N) is 2. The summed E-state index contributed by atoms with van der Waals surface area (Å²) in [7, 11) is 0. The first kappa shape index (κ1) is 19.3. The first-order valence-corrected chi connectivity index (χ1v) is 10.0. The Bertz CT molecular complexity index is 1060. The van der Waals surface area contributed by atoms with E-state index in [2.05, 4.69) is 27.3 Å². The number of hydrogen-bond acceptors (Lipinski definition) is 3. The highest BCUT2D eigenvalue weighted by atomic mass is 19.1. The highest BCUT2D eigenvalue weighted by molar-refractivity contribution is 5.97. The molecule has 1 amide bonds. The number of benzene rings is 2. The SMILES string of the molecule is O=C(NCC(c1ccccc1)N1CCCCC1)c1cc2ccc(F)cc2[nH]c1=O. The molecule has 1 aliphatic heterocycles. The average Bonchev–Trinajstić information content (AvgIpc) is 2.74. The Balaban J connectivity index is 1.55. The molecule has 1 atom stereocenters. The van der Waals surface area contributed by atoms with Gasteiger partial charge in [-0.25, -0.2) is 4.39 Å². The van der Waals surface area contributed by atoms with E-state index in [4.69, 9.17) is 0 Å². The number of likely N-dealkylation sites (tertiary alicyclic amines) is 1. The van der Waals surface area contributed by atoms with Gasteiger partial charge in [0, 0.05) is 6.54 Å². The molecule has 2 heterocycles. The molecule has 3 aromatic rings. The summed E-state index contributed by atoms with van der Waals surface area (Å²) in [5.41, 5.74) is 1.05. The van der Waals surface area contributed by atoms with Crippen LogP contribution in [0.1, 0.15) is 41.2 Å². The molecule has 2 N–H and O–H groups in total. The molecule has 1 saturated heterocycles. The van der Waals surface area contributed by atoms with Crippen molar-refractivity contribution >= 4 is 16.8 Å². The smallest absolute Gasteiger partial charge is 0.261 e. The Hall–Kier alpha value is -2.99. The Morgan fingerprint density at radius 2 is 1.83 bits per heavy atom. The van der Waals surface area contributed by atoms with Crippen LogP contribution in [0.2, 0.25) is 0 Å². The maximum Gasteiger partial charge on any atom is 0.261 e. The summed E-state index contributed by atoms with van der Waals surface area (Å²) in [5.74, 6) is -0.854. The Morgan fingerprint density at radius 1 is 1.07 bits per heavy atom. The van der Waals surface area contributed by atoms with Crippen molar-refractivity contribution in [3.05, 3.63) is 81.9 Å². The third-order valence-electron chi connectivity index (χ3n) is 5.52. The summed E-state index contributed by atoms with van der Waals surface area (Å²) in [6.45, 7) is 2.42. The molecule has 6 heteroatoms. The van der Waals surface area contributed by atoms with Crippen LogP contribution in [0.3, 0.4) is 0 Å². The summed E-state index contributed by atoms with van der Waals surface area (Å²) in [6.07, 6.45) is 3.54. The molecular weight excluding hydrogens is 369 g/mol. The van der Waals surface area contributed by atoms with Crippen LogP contribution in [-0.2, 0) is 0 Å². The predicted octanol–water partition coefficient (Wildman–Crippen LogP) is 3.62. The molecular formula is C23H24FN3O2. The lowest BCUT2D eigenvalue weighted by atomic mass is 10.0. The fourth-order valence-corrected chi connectivity index (χ4v) is 3.99. The highest BCUT2D eigenvalue weighted by Gasteiger charge is 2.23. The van der Waals surface area contributed by atoms with Crippen LogP contribution in [-0.4, -0.2) is 35.4 Å². The lowest BCUT2D eigenvalue weighted by Crippen LogP contribution is -2.41. The van der Waals surface area contributed by atoms with Gasteiger partial charge >= 0.3 is 0 Å². The third-order valence-corrected chi connectivity index (χ3v) is 5.52. The molecule has 0 aliphatic carbocycles. The van der Waals surface area contributed by atoms with Crippen LogP contribution in [0.4, 0.5) is 4.39 Å². The van der Waals surface area contributed by atoms with Crippen molar-refractivity contribution in [3.63, 3.8) is 0 Å². The topological polar surface area (TPSA) is 65.2 Å². The average molecular weight is 393 g/mol. The van der Waals surface area contributed by atoms with E-state index in [0.717, 1.165) is 31.5 Å². The van der Waals surface area contributed by atoms with Gasteiger partial charge in [0.1, 0.15) is 11.4 Å². The number of fused-ring (bicyclic) bond motifs is 1. The Morgan fingerprint density at radius 3 is 2.59 bits per heavy atom. The van der Waals surface area contributed by atoms with Crippen molar-refractivity contribution in [3.8, 4) is 0 Å². The van der Waals surface area contributed by atoms with E-state index in [1.54, 1.807) is 6.07 Å². The number of hydrogen-bond donors (Lipinski definition) is 2. The summed E-state index contributed by atoms with van der Waals surface area (Å²) in [5, 5.41) is 3.55. The predicted molar refractivity (Wildman–Crippen MR) is 111 cm³/mol. The molecule has 0 radical (unpaired) electrons. The van der Waals surface area contributed by atoms with Gasteiger partial charge in [0.25, 0.3) is 11.5 Å². The number of amides is 1. The van der Waals surface area contributed by atoms with Gasteiger partial charge in [-0.3, -0.25) is 14.5 Å². The summed E-state index contributed by atoms with van der Waals surface area (Å²) in [6, 6.07) is 15.8. The second-order valence-electron chi connectivity index (χ2n) is 7.48. The maximum absolute atomic E-state index is 13.4. The molecule has 0 saturated carbocycles. The van der Waals surface area contributed by atoms with Crippen LogP contribution in [0.5, 0.6) is 0 Å². The normalized spacial score (nSPS) is 15.9. The zero-order valence-electron chi connectivity index (χ0n) is 16.2. The number of piperidine rings is 1. The van der Waals surface area contributed by atoms with E-state index in [-0.39, 0.29) is 11.6 Å². The second-order valence-corrected chi connectivity index (χ2v) is 7.48. The minimum atomic E-state index is -0.519. The van der Waals surface area contributed by atoms with Crippen LogP contribution >= 0.6 is 0 Å². The molecule has 2 aromatic carbocycles. The van der Waals surface area contributed by atoms with Gasteiger partial charge in [0.05, 0.1) is 11.6 Å². The van der Waals surface area contributed by atoms with Gasteiger partial charge in [0.2, 0.25) is 0 Å². The number of pyridine rings is 1. The van der Waals surface area contributed by atoms with E-state index in [1.807, 2.05) is 18.2 Å². The third kappa shape index (κ3) is 4.38. The fourth-order valence-electron chi connectivity index (χ4n) is 3.99. The number of halogens is 1. The molecule has 1 aliphatic rings. The van der Waals surface area contributed by atoms with Crippen LogP contribution in [0.15, 0.2) is 59.4 Å². The molecule has 1 unspecified atom stereocenters. The first-order chi connectivity index (χ1) is 14.1. The summed E-state index contributed by atoms with van der Waals surface area (Å²) < 4.78 is 13.4. The minimum Gasteiger partial charge on any atom is -0.350 e. The van der Waals surface area contributed by atoms with Crippen molar-refractivity contribution in [2.45, 2.75) is 25.3 Å². The number of rotatable bonds is 5. The van der Waals surface area contributed by atoms with Crippen LogP contribution < -0.4 is 10.9 Å². The van der Waals surface area contributed by atoms with Crippen molar-refractivity contribution in [1.82, 2.24) is 15.2 Å². The van der Waals surface area contributed by atoms with Gasteiger partial charge in [-0.05, 0) is 61.1 Å². The number of H-pyrrole nitrogens is 1. The van der Waals surface area contributed by atoms with E-state index in [1.165, 1.54) is 24.6 Å². The van der Waals surface area contributed by atoms with Gasteiger partial charge in [-0.2, -0.15) is 0 Å². The van der Waals surface area contributed by atoms with Gasteiger partial charge in [-0.15, -0.1) is 0 Å². The molecule has 29 heavy (non-hydrogen) atoms. The van der Waals surface area contributed by atoms with Crippen LogP contribution in [0.25, 0.3) is 10.9 Å². The quantitative estimate of drug-likeness (QED) is 0.696. The van der Waals surface area contributed by atoms with Crippen molar-refractivity contribution < 1.29 is 9.18 Å². The fraction of sp³-hybridized carbons (Fsp3) is 0.304. The molecule has 0 spiro atoms. The number of nitrogens with zero attached hydrogens (tertiary/aromatic N) is 1. The summed E-state index contributed by atoms with van der Waals surface area (Å²) >= 11 is 0. The summed E-state index contributed by atoms with van der Waals surface area (Å²) in [4.78, 5) is 30.1. The van der Waals surface area contributed by atoms with E-state index >= 15 is 0 Å². The zero-order valence-corrected chi connectivity index (χ0v) is 16.2. The number of aromatic nitrogens is 1. The van der Waals surface area contributed by atoms with Crippen molar-refractivity contribution in [1.29, 1.82) is 0 Å². The monoisotopic (exact) mass is 393 g/mol. The first-order valence-electron chi connectivity index (χ1n) is 10.0. The molecule has 4 rings (SSSR count). The van der Waals surface area contributed by atoms with Gasteiger partial charge in [-0.1, -0.05) is 36.8 Å². The van der Waals surface area contributed by atoms with Crippen molar-refractivity contribution in [2.75, 3.05) is 19.6 Å². The number of aromatic amines is 1. The number of carbonyl (C=O) groups excluding carboxylic acids is 1. The zero-order chi connectivity index (χ0) is 20.2. The van der Waals surface area contributed by atoms with Crippen LogP contribution in [0, 0.1) is 5.82 Å². The van der Waals surface area contributed by atoms with Gasteiger partial charge in [0.15, 0.2) is 0 Å². The van der Waals surface area contributed by atoms with E-state index in [9.17, 15) is 14.0 Å². The lowest BCUT2D eigenvalue weighted by Gasteiger charge is -2.35. The molecule has 150 valence electrons. The van der Waals surface area contributed by atoms with Gasteiger partial charge < -0.3 is 10.3 Å². The minimum absolute atomic E-state index is 0.0366. The second kappa shape index (κ2) is 8.57. The molecule has 1 aromatic heterocycles. The Kier molecular flexibility index (Phi) is 5.71. The standard InChI is InChI=1S/C23H24FN3O2/c24-18-10-9-17-13-19(23(29)26-20(17)14-18)22(28)25-15-21(16-7-3-1-4-8-16)27-11-5-2-6-12-27/h1,3-4,7-10,13-14,21H,2,5-6,11-12,15H2,(H,25,28)(H,26,29). The highest BCUT2D eigenvalue weighted by Crippen LogP contribution is 2.24. The van der Waals surface area contributed by atoms with Crippen molar-refractivity contribution in [2.24, 2.45) is 0 Å². The van der Waals surface area contributed by atoms with E-state index < -0.39 is 17.3 Å². The molecule has 5 nitrogen and oxygen atoms in total. The lowest BCUT2D eigenvalue weighted by molar-refractivity contribution is 0.0923. The molecule has 1 fully saturated rings. The molecule has 0 bridgehead atoms. The Labute approximate surface area is 168 Å². The largest absolute Gasteiger partial charge is 0.350 e. The number of carbonyl (C=O) groups is 1. The van der Waals surface area contributed by atoms with E-state index in [0.29, 0.717) is 17.4 Å².